The topological polar surface area (TPSA) is 56.7 Å². The van der Waals surface area contributed by atoms with Crippen LogP contribution in [0, 0.1) is 0 Å². The molecule has 3 heterocycles. The minimum atomic E-state index is 0.524. The Labute approximate surface area is 122 Å². The van der Waals surface area contributed by atoms with Gasteiger partial charge in [0.05, 0.1) is 12.5 Å². The molecular formula is C14H9BrN4O. The molecule has 20 heavy (non-hydrogen) atoms. The molecule has 0 aliphatic carbocycles. The van der Waals surface area contributed by atoms with Crippen molar-refractivity contribution in [2.45, 2.75) is 0 Å². The van der Waals surface area contributed by atoms with Gasteiger partial charge in [-0.25, -0.2) is 15.0 Å². The zero-order valence-corrected chi connectivity index (χ0v) is 12.1. The lowest BCUT2D eigenvalue weighted by Gasteiger charge is -1.94. The maximum atomic E-state index is 5.76. The zero-order valence-electron chi connectivity index (χ0n) is 10.5. The standard InChI is InChI=1S/C14H9BrN4O/c1-19-7-17-10-6-16-14-11(12(10)19)18-13(20-14)8-3-2-4-9(15)5-8/h2-7H,1H3. The summed E-state index contributed by atoms with van der Waals surface area (Å²) in [4.78, 5) is 13.1. The second-order valence-corrected chi connectivity index (χ2v) is 5.45. The van der Waals surface area contributed by atoms with Crippen molar-refractivity contribution in [2.75, 3.05) is 0 Å². The summed E-state index contributed by atoms with van der Waals surface area (Å²) in [5.74, 6) is 0.558. The van der Waals surface area contributed by atoms with Gasteiger partial charge in [-0.15, -0.1) is 0 Å². The van der Waals surface area contributed by atoms with Gasteiger partial charge in [-0.2, -0.15) is 0 Å². The maximum Gasteiger partial charge on any atom is 0.249 e. The Morgan fingerprint density at radius 1 is 1.25 bits per heavy atom. The van der Waals surface area contributed by atoms with Gasteiger partial charge in [-0.1, -0.05) is 22.0 Å². The third-order valence-electron chi connectivity index (χ3n) is 3.17. The normalized spacial score (nSPS) is 11.5. The molecule has 0 aliphatic heterocycles. The maximum absolute atomic E-state index is 5.76. The highest BCUT2D eigenvalue weighted by atomic mass is 79.9. The van der Waals surface area contributed by atoms with Gasteiger partial charge in [0.15, 0.2) is 5.52 Å². The quantitative estimate of drug-likeness (QED) is 0.536. The average Bonchev–Trinajstić information content (AvgIpc) is 3.02. The first-order valence-corrected chi connectivity index (χ1v) is 6.84. The van der Waals surface area contributed by atoms with E-state index in [2.05, 4.69) is 30.9 Å². The van der Waals surface area contributed by atoms with E-state index in [-0.39, 0.29) is 0 Å². The number of aromatic nitrogens is 4. The first-order valence-electron chi connectivity index (χ1n) is 6.05. The molecule has 0 spiro atoms. The number of oxazole rings is 1. The van der Waals surface area contributed by atoms with Crippen LogP contribution in [0.25, 0.3) is 33.7 Å². The van der Waals surface area contributed by atoms with Crippen LogP contribution in [0.2, 0.25) is 0 Å². The van der Waals surface area contributed by atoms with Crippen molar-refractivity contribution >= 4 is 38.2 Å². The van der Waals surface area contributed by atoms with Crippen LogP contribution in [-0.2, 0) is 7.05 Å². The first kappa shape index (κ1) is 11.6. The van der Waals surface area contributed by atoms with E-state index >= 15 is 0 Å². The molecule has 0 radical (unpaired) electrons. The van der Waals surface area contributed by atoms with Gasteiger partial charge in [0, 0.05) is 17.1 Å². The molecule has 0 unspecified atom stereocenters. The minimum Gasteiger partial charge on any atom is -0.418 e. The molecule has 4 aromatic rings. The summed E-state index contributed by atoms with van der Waals surface area (Å²) in [5.41, 5.74) is 3.91. The largest absolute Gasteiger partial charge is 0.418 e. The van der Waals surface area contributed by atoms with E-state index in [1.165, 1.54) is 0 Å². The van der Waals surface area contributed by atoms with Crippen LogP contribution in [0.15, 0.2) is 45.7 Å². The molecule has 3 aromatic heterocycles. The summed E-state index contributed by atoms with van der Waals surface area (Å²) in [5, 5.41) is 0. The number of fused-ring (bicyclic) bond motifs is 3. The third-order valence-corrected chi connectivity index (χ3v) is 3.67. The van der Waals surface area contributed by atoms with Gasteiger partial charge < -0.3 is 8.98 Å². The number of hydrogen-bond acceptors (Lipinski definition) is 4. The highest BCUT2D eigenvalue weighted by molar-refractivity contribution is 9.10. The van der Waals surface area contributed by atoms with Gasteiger partial charge in [0.2, 0.25) is 11.6 Å². The van der Waals surface area contributed by atoms with Crippen molar-refractivity contribution in [3.05, 3.63) is 41.3 Å². The Balaban J connectivity index is 2.03. The molecule has 0 saturated heterocycles. The summed E-state index contributed by atoms with van der Waals surface area (Å²) >= 11 is 3.45. The van der Waals surface area contributed by atoms with Gasteiger partial charge >= 0.3 is 0 Å². The number of imidazole rings is 1. The molecular weight excluding hydrogens is 320 g/mol. The fraction of sp³-hybridized carbons (Fsp3) is 0.0714. The minimum absolute atomic E-state index is 0.524. The summed E-state index contributed by atoms with van der Waals surface area (Å²) in [6.45, 7) is 0. The van der Waals surface area contributed by atoms with Crippen molar-refractivity contribution in [3.8, 4) is 11.5 Å². The Morgan fingerprint density at radius 2 is 2.15 bits per heavy atom. The monoisotopic (exact) mass is 328 g/mol. The van der Waals surface area contributed by atoms with Gasteiger partial charge in [0.1, 0.15) is 11.0 Å². The van der Waals surface area contributed by atoms with Gasteiger partial charge in [-0.05, 0) is 18.2 Å². The van der Waals surface area contributed by atoms with Crippen LogP contribution in [0.1, 0.15) is 0 Å². The average molecular weight is 329 g/mol. The van der Waals surface area contributed by atoms with Crippen LogP contribution >= 0.6 is 15.9 Å². The summed E-state index contributed by atoms with van der Waals surface area (Å²) in [6, 6.07) is 7.83. The van der Waals surface area contributed by atoms with Crippen LogP contribution < -0.4 is 0 Å². The molecule has 0 bridgehead atoms. The molecule has 5 nitrogen and oxygen atoms in total. The molecule has 0 N–H and O–H groups in total. The van der Waals surface area contributed by atoms with Crippen LogP contribution in [0.3, 0.4) is 0 Å². The van der Waals surface area contributed by atoms with E-state index < -0.39 is 0 Å². The van der Waals surface area contributed by atoms with E-state index in [0.717, 1.165) is 26.6 Å². The highest BCUT2D eigenvalue weighted by Crippen LogP contribution is 2.28. The number of rotatable bonds is 1. The Kier molecular flexibility index (Phi) is 2.40. The predicted molar refractivity (Wildman–Crippen MR) is 79.2 cm³/mol. The first-order chi connectivity index (χ1) is 9.72. The molecule has 4 rings (SSSR count). The molecule has 1 aromatic carbocycles. The fourth-order valence-corrected chi connectivity index (χ4v) is 2.65. The van der Waals surface area contributed by atoms with E-state index in [0.29, 0.717) is 11.6 Å². The van der Waals surface area contributed by atoms with E-state index in [9.17, 15) is 0 Å². The predicted octanol–water partition coefficient (Wildman–Crippen LogP) is 3.54. The van der Waals surface area contributed by atoms with Crippen molar-refractivity contribution in [2.24, 2.45) is 7.05 Å². The zero-order chi connectivity index (χ0) is 13.7. The highest BCUT2D eigenvalue weighted by Gasteiger charge is 2.14. The number of halogens is 1. The van der Waals surface area contributed by atoms with Crippen molar-refractivity contribution in [3.63, 3.8) is 0 Å². The number of aryl methyl sites for hydroxylation is 1. The second kappa shape index (κ2) is 4.14. The SMILES string of the molecule is Cn1cnc2cnc3oc(-c4cccc(Br)c4)nc3c21. The summed E-state index contributed by atoms with van der Waals surface area (Å²) in [7, 11) is 1.93. The smallest absolute Gasteiger partial charge is 0.249 e. The molecule has 0 aliphatic rings. The molecule has 0 amide bonds. The molecule has 6 heteroatoms. The lowest BCUT2D eigenvalue weighted by molar-refractivity contribution is 0.608. The van der Waals surface area contributed by atoms with Crippen molar-refractivity contribution in [1.82, 2.24) is 19.5 Å². The van der Waals surface area contributed by atoms with E-state index in [1.807, 2.05) is 35.9 Å². The van der Waals surface area contributed by atoms with E-state index in [4.69, 9.17) is 4.42 Å². The summed E-state index contributed by atoms with van der Waals surface area (Å²) < 4.78 is 8.66. The third kappa shape index (κ3) is 1.65. The van der Waals surface area contributed by atoms with Crippen molar-refractivity contribution < 1.29 is 4.42 Å². The number of hydrogen-bond donors (Lipinski definition) is 0. The number of nitrogens with zero attached hydrogens (tertiary/aromatic N) is 4. The second-order valence-electron chi connectivity index (χ2n) is 4.53. The number of benzene rings is 1. The van der Waals surface area contributed by atoms with Crippen molar-refractivity contribution in [1.29, 1.82) is 0 Å². The number of pyridine rings is 1. The fourth-order valence-electron chi connectivity index (χ4n) is 2.25. The van der Waals surface area contributed by atoms with Crippen LogP contribution in [0.5, 0.6) is 0 Å². The van der Waals surface area contributed by atoms with Crippen LogP contribution in [0.4, 0.5) is 0 Å². The van der Waals surface area contributed by atoms with Gasteiger partial charge in [-0.3, -0.25) is 0 Å². The lowest BCUT2D eigenvalue weighted by atomic mass is 10.2. The molecule has 0 fully saturated rings. The lowest BCUT2D eigenvalue weighted by Crippen LogP contribution is -1.86. The summed E-state index contributed by atoms with van der Waals surface area (Å²) in [6.07, 6.45) is 3.45. The van der Waals surface area contributed by atoms with Crippen LogP contribution in [-0.4, -0.2) is 19.5 Å². The Hall–Kier alpha value is -2.21. The molecule has 98 valence electrons. The van der Waals surface area contributed by atoms with Gasteiger partial charge in [0.25, 0.3) is 0 Å². The Bertz CT molecular complexity index is 941. The van der Waals surface area contributed by atoms with E-state index in [1.54, 1.807) is 12.5 Å². The molecule has 0 saturated carbocycles. The Morgan fingerprint density at radius 3 is 3.00 bits per heavy atom. The molecule has 0 atom stereocenters.